The van der Waals surface area contributed by atoms with Gasteiger partial charge in [-0.15, -0.1) is 11.3 Å². The summed E-state index contributed by atoms with van der Waals surface area (Å²) in [6.07, 6.45) is 3.40. The van der Waals surface area contributed by atoms with Crippen LogP contribution in [0.1, 0.15) is 25.7 Å². The molecule has 206 valence electrons. The highest BCUT2D eigenvalue weighted by atomic mass is 32.1. The van der Waals surface area contributed by atoms with Gasteiger partial charge in [0, 0.05) is 65.9 Å². The van der Waals surface area contributed by atoms with Crippen LogP contribution in [-0.4, -0.2) is 76.9 Å². The number of anilines is 1. The van der Waals surface area contributed by atoms with Gasteiger partial charge in [-0.05, 0) is 25.5 Å². The summed E-state index contributed by atoms with van der Waals surface area (Å²) in [7, 11) is 0. The number of aromatic nitrogens is 3. The van der Waals surface area contributed by atoms with Gasteiger partial charge >= 0.3 is 6.01 Å². The predicted octanol–water partition coefficient (Wildman–Crippen LogP) is 4.69. The molecule has 0 radical (unpaired) electrons. The van der Waals surface area contributed by atoms with Gasteiger partial charge in [-0.3, -0.25) is 9.88 Å². The maximum atomic E-state index is 16.4. The molecule has 4 aromatic rings. The van der Waals surface area contributed by atoms with Crippen molar-refractivity contribution in [2.24, 2.45) is 0 Å². The SMILES string of the molecule is N#CC[C@H]1CN(c2nc(OC[C@@]34CCCN3C[C@H](F)C4)nc3c(F)c(-c4csc5ccccc45)ncc23)CCN1. The van der Waals surface area contributed by atoms with Crippen molar-refractivity contribution in [1.82, 2.24) is 25.2 Å². The highest BCUT2D eigenvalue weighted by Crippen LogP contribution is 2.41. The zero-order valence-electron chi connectivity index (χ0n) is 21.9. The van der Waals surface area contributed by atoms with Crippen molar-refractivity contribution in [2.75, 3.05) is 44.2 Å². The lowest BCUT2D eigenvalue weighted by Crippen LogP contribution is -2.51. The van der Waals surface area contributed by atoms with Crippen molar-refractivity contribution in [1.29, 1.82) is 5.26 Å². The van der Waals surface area contributed by atoms with Gasteiger partial charge in [0.15, 0.2) is 5.82 Å². The number of fused-ring (bicyclic) bond motifs is 3. The molecule has 1 N–H and O–H groups in total. The third-order valence-electron chi connectivity index (χ3n) is 8.50. The lowest BCUT2D eigenvalue weighted by Gasteiger charge is -2.34. The summed E-state index contributed by atoms with van der Waals surface area (Å²) < 4.78 is 38.0. The summed E-state index contributed by atoms with van der Waals surface area (Å²) in [6.45, 7) is 3.37. The molecule has 3 aromatic heterocycles. The Morgan fingerprint density at radius 1 is 1.20 bits per heavy atom. The van der Waals surface area contributed by atoms with Gasteiger partial charge in [0.25, 0.3) is 0 Å². The van der Waals surface area contributed by atoms with Crippen LogP contribution < -0.4 is 15.0 Å². The number of nitriles is 1. The van der Waals surface area contributed by atoms with Crippen molar-refractivity contribution < 1.29 is 13.5 Å². The first-order chi connectivity index (χ1) is 19.5. The molecule has 3 atom stereocenters. The molecule has 0 amide bonds. The largest absolute Gasteiger partial charge is 0.461 e. The van der Waals surface area contributed by atoms with Crippen LogP contribution in [0.5, 0.6) is 6.01 Å². The van der Waals surface area contributed by atoms with E-state index in [0.29, 0.717) is 50.2 Å². The molecular formula is C29H29F2N7OS. The topological polar surface area (TPSA) is 90.2 Å². The molecule has 0 unspecified atom stereocenters. The summed E-state index contributed by atoms with van der Waals surface area (Å²) in [6, 6.07) is 10.1. The molecule has 8 nitrogen and oxygen atoms in total. The smallest absolute Gasteiger partial charge is 0.319 e. The minimum atomic E-state index is -0.874. The highest BCUT2D eigenvalue weighted by molar-refractivity contribution is 7.17. The second-order valence-corrected chi connectivity index (χ2v) is 11.9. The van der Waals surface area contributed by atoms with Crippen LogP contribution in [0, 0.1) is 17.1 Å². The quantitative estimate of drug-likeness (QED) is 0.363. The molecule has 11 heteroatoms. The van der Waals surface area contributed by atoms with Gasteiger partial charge in [0.2, 0.25) is 0 Å². The summed E-state index contributed by atoms with van der Waals surface area (Å²) in [4.78, 5) is 18.1. The number of benzene rings is 1. The minimum absolute atomic E-state index is 0.0340. The van der Waals surface area contributed by atoms with Crippen molar-refractivity contribution in [3.8, 4) is 23.3 Å². The Morgan fingerprint density at radius 3 is 3.00 bits per heavy atom. The van der Waals surface area contributed by atoms with Crippen LogP contribution in [-0.2, 0) is 0 Å². The van der Waals surface area contributed by atoms with Crippen LogP contribution in [0.3, 0.4) is 0 Å². The van der Waals surface area contributed by atoms with E-state index < -0.39 is 12.0 Å². The number of nitrogens with zero attached hydrogens (tertiary/aromatic N) is 6. The fraction of sp³-hybridized carbons (Fsp3) is 0.448. The Bertz CT molecular complexity index is 1620. The Kier molecular flexibility index (Phi) is 6.49. The van der Waals surface area contributed by atoms with Crippen molar-refractivity contribution >= 4 is 38.1 Å². The Hall–Kier alpha value is -3.46. The third-order valence-corrected chi connectivity index (χ3v) is 9.47. The molecule has 40 heavy (non-hydrogen) atoms. The molecule has 0 bridgehead atoms. The van der Waals surface area contributed by atoms with Crippen LogP contribution in [0.15, 0.2) is 35.8 Å². The number of hydrogen-bond acceptors (Lipinski definition) is 9. The fourth-order valence-electron chi connectivity index (χ4n) is 6.59. The number of pyridine rings is 1. The fourth-order valence-corrected chi connectivity index (χ4v) is 7.53. The summed E-state index contributed by atoms with van der Waals surface area (Å²) in [5, 5.41) is 16.0. The van der Waals surface area contributed by atoms with Gasteiger partial charge in [-0.1, -0.05) is 18.2 Å². The Morgan fingerprint density at radius 2 is 2.10 bits per heavy atom. The molecule has 3 saturated heterocycles. The summed E-state index contributed by atoms with van der Waals surface area (Å²) in [5.74, 6) is 0.0109. The van der Waals surface area contributed by atoms with Crippen LogP contribution in [0.25, 0.3) is 32.2 Å². The summed E-state index contributed by atoms with van der Waals surface area (Å²) in [5.41, 5.74) is 0.730. The lowest BCUT2D eigenvalue weighted by molar-refractivity contribution is 0.107. The molecule has 7 rings (SSSR count). The second-order valence-electron chi connectivity index (χ2n) is 11.0. The van der Waals surface area contributed by atoms with E-state index in [-0.39, 0.29) is 35.4 Å². The van der Waals surface area contributed by atoms with E-state index in [4.69, 9.17) is 9.72 Å². The van der Waals surface area contributed by atoms with Crippen LogP contribution >= 0.6 is 11.3 Å². The predicted molar refractivity (Wildman–Crippen MR) is 151 cm³/mol. The van der Waals surface area contributed by atoms with Gasteiger partial charge < -0.3 is 15.0 Å². The van der Waals surface area contributed by atoms with E-state index >= 15 is 4.39 Å². The van der Waals surface area contributed by atoms with E-state index in [1.807, 2.05) is 34.5 Å². The number of rotatable bonds is 6. The number of ether oxygens (including phenoxy) is 1. The maximum Gasteiger partial charge on any atom is 0.319 e. The van der Waals surface area contributed by atoms with E-state index in [0.717, 1.165) is 35.0 Å². The number of halogens is 2. The molecule has 0 spiro atoms. The zero-order chi connectivity index (χ0) is 27.3. The monoisotopic (exact) mass is 561 g/mol. The standard InChI is InChI=1S/C29H29F2N7OS/c30-18-12-29(7-3-10-38(29)14-18)17-39-28-35-26-21(27(36-28)37-11-9-33-19(15-37)6-8-32)13-34-25(24(26)31)22-16-40-23-5-2-1-4-20(22)23/h1-2,4-5,13,16,18-19,33H,3,6-7,9-12,14-15,17H2/t18-,19+,29+/m1/s1. The van der Waals surface area contributed by atoms with E-state index in [9.17, 15) is 9.65 Å². The number of thiophene rings is 1. The first-order valence-electron chi connectivity index (χ1n) is 13.7. The summed E-state index contributed by atoms with van der Waals surface area (Å²) >= 11 is 1.55. The second kappa shape index (κ2) is 10.2. The maximum absolute atomic E-state index is 16.4. The molecule has 3 fully saturated rings. The van der Waals surface area contributed by atoms with Crippen LogP contribution in [0.2, 0.25) is 0 Å². The molecule has 1 aromatic carbocycles. The van der Waals surface area contributed by atoms with E-state index in [1.165, 1.54) is 0 Å². The molecule has 3 aliphatic rings. The van der Waals surface area contributed by atoms with Crippen molar-refractivity contribution in [3.05, 3.63) is 41.7 Å². The first-order valence-corrected chi connectivity index (χ1v) is 14.6. The minimum Gasteiger partial charge on any atom is -0.461 e. The Balaban J connectivity index is 1.31. The van der Waals surface area contributed by atoms with E-state index in [1.54, 1.807) is 17.5 Å². The molecule has 3 aliphatic heterocycles. The van der Waals surface area contributed by atoms with Gasteiger partial charge in [0.1, 0.15) is 29.8 Å². The highest BCUT2D eigenvalue weighted by Gasteiger charge is 2.49. The third kappa shape index (κ3) is 4.35. The van der Waals surface area contributed by atoms with Crippen molar-refractivity contribution in [2.45, 2.75) is 43.4 Å². The average molecular weight is 562 g/mol. The normalized spacial score (nSPS) is 25.0. The average Bonchev–Trinajstić information content (AvgIpc) is 3.64. The van der Waals surface area contributed by atoms with Crippen LogP contribution in [0.4, 0.5) is 14.6 Å². The molecular weight excluding hydrogens is 532 g/mol. The molecule has 0 aliphatic carbocycles. The zero-order valence-corrected chi connectivity index (χ0v) is 22.8. The Labute approximate surface area is 234 Å². The first kappa shape index (κ1) is 25.5. The van der Waals surface area contributed by atoms with Gasteiger partial charge in [-0.25, -0.2) is 8.78 Å². The molecule has 6 heterocycles. The number of nitrogens with one attached hydrogen (secondary N) is 1. The molecule has 0 saturated carbocycles. The van der Waals surface area contributed by atoms with E-state index in [2.05, 4.69) is 26.3 Å². The number of hydrogen-bond donors (Lipinski definition) is 1. The lowest BCUT2D eigenvalue weighted by atomic mass is 9.95. The van der Waals surface area contributed by atoms with Gasteiger partial charge in [0.05, 0.1) is 23.4 Å². The number of alkyl halides is 1. The number of piperazine rings is 1. The van der Waals surface area contributed by atoms with Gasteiger partial charge in [-0.2, -0.15) is 15.2 Å². The van der Waals surface area contributed by atoms with Crippen molar-refractivity contribution in [3.63, 3.8) is 0 Å².